The Balaban J connectivity index is 1.89. The Hall–Kier alpha value is -1.59. The first kappa shape index (κ1) is 13.8. The van der Waals surface area contributed by atoms with Crippen LogP contribution in [0.5, 0.6) is 0 Å². The molecule has 2 unspecified atom stereocenters. The fourth-order valence-corrected chi connectivity index (χ4v) is 2.62. The van der Waals surface area contributed by atoms with E-state index in [2.05, 4.69) is 10.5 Å². The average molecular weight is 263 g/mol. The Kier molecular flexibility index (Phi) is 4.76. The Morgan fingerprint density at radius 2 is 2.05 bits per heavy atom. The Morgan fingerprint density at radius 1 is 1.32 bits per heavy atom. The predicted molar refractivity (Wildman–Crippen MR) is 74.0 cm³/mol. The summed E-state index contributed by atoms with van der Waals surface area (Å²) >= 11 is 0. The quantitative estimate of drug-likeness (QED) is 0.276. The smallest absolute Gasteiger partial charge is 0.170 e. The molecule has 1 aliphatic carbocycles. The number of hydrogen-bond donors (Lipinski definition) is 4. The monoisotopic (exact) mass is 263 g/mol. The SMILES string of the molecule is N/C(=N/O)c1ccc(CNC2CCCC2CO)cc1. The number of hydrogen-bond acceptors (Lipinski definition) is 4. The van der Waals surface area contributed by atoms with E-state index in [-0.39, 0.29) is 12.4 Å². The van der Waals surface area contributed by atoms with Crippen molar-refractivity contribution in [3.63, 3.8) is 0 Å². The van der Waals surface area contributed by atoms with E-state index in [9.17, 15) is 5.11 Å². The Morgan fingerprint density at radius 3 is 2.68 bits per heavy atom. The third-order valence-electron chi connectivity index (χ3n) is 3.82. The van der Waals surface area contributed by atoms with Crippen LogP contribution in [0.25, 0.3) is 0 Å². The van der Waals surface area contributed by atoms with Crippen molar-refractivity contribution >= 4 is 5.84 Å². The molecular formula is C14H21N3O2. The van der Waals surface area contributed by atoms with Crippen LogP contribution in [0.4, 0.5) is 0 Å². The highest BCUT2D eigenvalue weighted by molar-refractivity contribution is 5.96. The number of nitrogens with one attached hydrogen (secondary N) is 1. The molecule has 1 aromatic rings. The van der Waals surface area contributed by atoms with Crippen LogP contribution in [0.15, 0.2) is 29.4 Å². The van der Waals surface area contributed by atoms with Crippen molar-refractivity contribution < 1.29 is 10.3 Å². The summed E-state index contributed by atoms with van der Waals surface area (Å²) in [5, 5.41) is 24.3. The molecule has 0 radical (unpaired) electrons. The molecule has 5 heteroatoms. The zero-order chi connectivity index (χ0) is 13.7. The molecule has 104 valence electrons. The molecule has 0 heterocycles. The summed E-state index contributed by atoms with van der Waals surface area (Å²) in [6.07, 6.45) is 3.43. The van der Waals surface area contributed by atoms with E-state index >= 15 is 0 Å². The Bertz CT molecular complexity index is 431. The average Bonchev–Trinajstić information content (AvgIpc) is 2.92. The lowest BCUT2D eigenvalue weighted by molar-refractivity contribution is 0.205. The lowest BCUT2D eigenvalue weighted by Gasteiger charge is -2.19. The van der Waals surface area contributed by atoms with Crippen molar-refractivity contribution in [2.24, 2.45) is 16.8 Å². The number of oxime groups is 1. The van der Waals surface area contributed by atoms with Gasteiger partial charge in [0.25, 0.3) is 0 Å². The molecule has 0 aromatic heterocycles. The summed E-state index contributed by atoms with van der Waals surface area (Å²) < 4.78 is 0. The van der Waals surface area contributed by atoms with Crippen molar-refractivity contribution in [2.45, 2.75) is 31.8 Å². The van der Waals surface area contributed by atoms with Crippen LogP contribution < -0.4 is 11.1 Å². The summed E-state index contributed by atoms with van der Waals surface area (Å²) in [6.45, 7) is 1.04. The van der Waals surface area contributed by atoms with Gasteiger partial charge in [-0.3, -0.25) is 0 Å². The number of amidine groups is 1. The first-order chi connectivity index (χ1) is 9.24. The fraction of sp³-hybridized carbons (Fsp3) is 0.500. The summed E-state index contributed by atoms with van der Waals surface area (Å²) in [6, 6.07) is 8.01. The summed E-state index contributed by atoms with van der Waals surface area (Å²) in [5.41, 5.74) is 7.37. The predicted octanol–water partition coefficient (Wildman–Crippen LogP) is 1.03. The maximum Gasteiger partial charge on any atom is 0.170 e. The third kappa shape index (κ3) is 3.45. The lowest BCUT2D eigenvalue weighted by Crippen LogP contribution is -2.33. The summed E-state index contributed by atoms with van der Waals surface area (Å²) in [7, 11) is 0. The van der Waals surface area contributed by atoms with E-state index in [1.165, 1.54) is 6.42 Å². The van der Waals surface area contributed by atoms with Gasteiger partial charge in [0, 0.05) is 24.8 Å². The van der Waals surface area contributed by atoms with Gasteiger partial charge >= 0.3 is 0 Å². The van der Waals surface area contributed by atoms with Gasteiger partial charge in [-0.15, -0.1) is 0 Å². The van der Waals surface area contributed by atoms with Gasteiger partial charge in [0.15, 0.2) is 5.84 Å². The topological polar surface area (TPSA) is 90.9 Å². The van der Waals surface area contributed by atoms with Gasteiger partial charge in [-0.25, -0.2) is 0 Å². The van der Waals surface area contributed by atoms with Crippen LogP contribution in [-0.4, -0.2) is 28.8 Å². The van der Waals surface area contributed by atoms with Gasteiger partial charge in [-0.1, -0.05) is 35.8 Å². The lowest BCUT2D eigenvalue weighted by atomic mass is 10.0. The molecule has 0 amide bonds. The molecule has 0 aliphatic heterocycles. The second-order valence-corrected chi connectivity index (χ2v) is 5.04. The molecule has 5 N–H and O–H groups in total. The van der Waals surface area contributed by atoms with E-state index in [0.29, 0.717) is 17.5 Å². The van der Waals surface area contributed by atoms with E-state index in [4.69, 9.17) is 10.9 Å². The number of aliphatic hydroxyl groups is 1. The molecule has 0 bridgehead atoms. The van der Waals surface area contributed by atoms with Crippen LogP contribution in [0.2, 0.25) is 0 Å². The molecule has 1 aliphatic rings. The largest absolute Gasteiger partial charge is 0.409 e. The first-order valence-corrected chi connectivity index (χ1v) is 6.65. The van der Waals surface area contributed by atoms with Crippen LogP contribution in [0.1, 0.15) is 30.4 Å². The standard InChI is InChI=1S/C14H21N3O2/c15-14(17-19)11-6-4-10(5-7-11)8-16-13-3-1-2-12(13)9-18/h4-7,12-13,16,18-19H,1-3,8-9H2,(H2,15,17). The number of nitrogens with two attached hydrogens (primary N) is 1. The molecule has 1 aromatic carbocycles. The van der Waals surface area contributed by atoms with Crippen LogP contribution >= 0.6 is 0 Å². The van der Waals surface area contributed by atoms with E-state index in [0.717, 1.165) is 24.9 Å². The minimum Gasteiger partial charge on any atom is -0.409 e. The van der Waals surface area contributed by atoms with E-state index in [1.807, 2.05) is 24.3 Å². The number of aliphatic hydroxyl groups excluding tert-OH is 1. The second-order valence-electron chi connectivity index (χ2n) is 5.04. The molecule has 1 fully saturated rings. The van der Waals surface area contributed by atoms with Crippen LogP contribution in [-0.2, 0) is 6.54 Å². The molecular weight excluding hydrogens is 242 g/mol. The van der Waals surface area contributed by atoms with Crippen molar-refractivity contribution in [1.82, 2.24) is 5.32 Å². The van der Waals surface area contributed by atoms with Crippen molar-refractivity contribution in [3.8, 4) is 0 Å². The first-order valence-electron chi connectivity index (χ1n) is 6.65. The molecule has 2 rings (SSSR count). The van der Waals surface area contributed by atoms with Gasteiger partial charge < -0.3 is 21.4 Å². The molecule has 0 spiro atoms. The minimum atomic E-state index is 0.121. The van der Waals surface area contributed by atoms with Crippen LogP contribution in [0.3, 0.4) is 0 Å². The van der Waals surface area contributed by atoms with Gasteiger partial charge in [0.2, 0.25) is 0 Å². The molecule has 19 heavy (non-hydrogen) atoms. The highest BCUT2D eigenvalue weighted by Gasteiger charge is 2.25. The van der Waals surface area contributed by atoms with Gasteiger partial charge in [0.05, 0.1) is 0 Å². The molecule has 5 nitrogen and oxygen atoms in total. The maximum absolute atomic E-state index is 9.27. The van der Waals surface area contributed by atoms with Crippen molar-refractivity contribution in [3.05, 3.63) is 35.4 Å². The van der Waals surface area contributed by atoms with Gasteiger partial charge in [-0.05, 0) is 24.3 Å². The molecule has 0 saturated heterocycles. The zero-order valence-corrected chi connectivity index (χ0v) is 10.9. The third-order valence-corrected chi connectivity index (χ3v) is 3.82. The molecule has 1 saturated carbocycles. The van der Waals surface area contributed by atoms with Gasteiger partial charge in [-0.2, -0.15) is 0 Å². The van der Waals surface area contributed by atoms with Gasteiger partial charge in [0.1, 0.15) is 0 Å². The number of nitrogens with zero attached hydrogens (tertiary/aromatic N) is 1. The number of rotatable bonds is 5. The van der Waals surface area contributed by atoms with Crippen LogP contribution in [0, 0.1) is 5.92 Å². The Labute approximate surface area is 113 Å². The van der Waals surface area contributed by atoms with E-state index < -0.39 is 0 Å². The second kappa shape index (κ2) is 6.54. The maximum atomic E-state index is 9.27. The van der Waals surface area contributed by atoms with E-state index in [1.54, 1.807) is 0 Å². The molecule has 2 atom stereocenters. The highest BCUT2D eigenvalue weighted by atomic mass is 16.4. The fourth-order valence-electron chi connectivity index (χ4n) is 2.62. The van der Waals surface area contributed by atoms with Crippen molar-refractivity contribution in [2.75, 3.05) is 6.61 Å². The summed E-state index contributed by atoms with van der Waals surface area (Å²) in [4.78, 5) is 0. The van der Waals surface area contributed by atoms with Crippen molar-refractivity contribution in [1.29, 1.82) is 0 Å². The highest BCUT2D eigenvalue weighted by Crippen LogP contribution is 2.25. The normalized spacial score (nSPS) is 23.7. The summed E-state index contributed by atoms with van der Waals surface area (Å²) in [5.74, 6) is 0.507. The zero-order valence-electron chi connectivity index (χ0n) is 10.9. The number of benzene rings is 1. The minimum absolute atomic E-state index is 0.121.